The molecule has 3 aromatic rings. The van der Waals surface area contributed by atoms with Crippen molar-refractivity contribution in [2.75, 3.05) is 6.61 Å². The van der Waals surface area contributed by atoms with Gasteiger partial charge in [-0.15, -0.1) is 0 Å². The molecule has 180 valence electrons. The van der Waals surface area contributed by atoms with Gasteiger partial charge < -0.3 is 14.8 Å². The smallest absolute Gasteiger partial charge is 0.264 e. The van der Waals surface area contributed by atoms with Crippen molar-refractivity contribution in [2.24, 2.45) is 4.99 Å². The van der Waals surface area contributed by atoms with Crippen LogP contribution in [-0.2, 0) is 11.4 Å². The predicted octanol–water partition coefficient (Wildman–Crippen LogP) is 7.61. The highest BCUT2D eigenvalue weighted by Gasteiger charge is 2.25. The molecule has 4 rings (SSSR count). The summed E-state index contributed by atoms with van der Waals surface area (Å²) in [6, 6.07) is 15.0. The monoisotopic (exact) mass is 642 g/mol. The number of aliphatic imine (C=N–C) groups is 1. The zero-order valence-electron chi connectivity index (χ0n) is 18.3. The second kappa shape index (κ2) is 11.6. The molecule has 1 saturated heterocycles. The number of thioether (sulfide) groups is 1. The number of hydrogen-bond donors (Lipinski definition) is 1. The van der Waals surface area contributed by atoms with Gasteiger partial charge in [0.05, 0.1) is 30.8 Å². The summed E-state index contributed by atoms with van der Waals surface area (Å²) in [7, 11) is 0. The maximum absolute atomic E-state index is 13.2. The highest BCUT2D eigenvalue weighted by molar-refractivity contribution is 14.1. The number of rotatable bonds is 7. The first-order valence-corrected chi connectivity index (χ1v) is 13.1. The zero-order valence-corrected chi connectivity index (χ0v) is 22.8. The number of hydrogen-bond acceptors (Lipinski definition) is 5. The van der Waals surface area contributed by atoms with Gasteiger partial charge in [-0.2, -0.15) is 0 Å². The SMILES string of the molecule is CCOc1cc(/C=C2/SC(=Nc3cccc(Cl)c3Cl)NC2=O)cc(I)c1OCc1ccc(F)cc1. The van der Waals surface area contributed by atoms with Crippen molar-refractivity contribution in [3.8, 4) is 11.5 Å². The Labute approximate surface area is 229 Å². The Hall–Kier alpha value is -2.27. The normalized spacial score (nSPS) is 15.5. The molecule has 3 aromatic carbocycles. The molecule has 1 fully saturated rings. The van der Waals surface area contributed by atoms with Crippen molar-refractivity contribution in [2.45, 2.75) is 13.5 Å². The first kappa shape index (κ1) is 25.8. The van der Waals surface area contributed by atoms with E-state index < -0.39 is 0 Å². The molecule has 1 aliphatic rings. The first-order chi connectivity index (χ1) is 16.8. The predicted molar refractivity (Wildman–Crippen MR) is 148 cm³/mol. The van der Waals surface area contributed by atoms with E-state index in [2.05, 4.69) is 32.9 Å². The quantitative estimate of drug-likeness (QED) is 0.213. The average molecular weight is 643 g/mol. The van der Waals surface area contributed by atoms with Crippen LogP contribution < -0.4 is 14.8 Å². The van der Waals surface area contributed by atoms with E-state index in [0.29, 0.717) is 43.9 Å². The van der Waals surface area contributed by atoms with Crippen LogP contribution in [0.3, 0.4) is 0 Å². The van der Waals surface area contributed by atoms with Crippen molar-refractivity contribution in [1.82, 2.24) is 5.32 Å². The lowest BCUT2D eigenvalue weighted by molar-refractivity contribution is -0.115. The molecule has 1 heterocycles. The van der Waals surface area contributed by atoms with E-state index in [1.807, 2.05) is 19.1 Å². The molecule has 5 nitrogen and oxygen atoms in total. The number of carbonyl (C=O) groups excluding carboxylic acids is 1. The Bertz CT molecular complexity index is 1330. The van der Waals surface area contributed by atoms with Gasteiger partial charge in [0.15, 0.2) is 16.7 Å². The molecule has 0 bridgehead atoms. The number of carbonyl (C=O) groups is 1. The molecular weight excluding hydrogens is 625 g/mol. The summed E-state index contributed by atoms with van der Waals surface area (Å²) in [5.74, 6) is 0.571. The molecule has 1 N–H and O–H groups in total. The summed E-state index contributed by atoms with van der Waals surface area (Å²) in [5.41, 5.74) is 2.08. The summed E-state index contributed by atoms with van der Waals surface area (Å²) in [6.07, 6.45) is 1.76. The van der Waals surface area contributed by atoms with Crippen molar-refractivity contribution in [1.29, 1.82) is 0 Å². The lowest BCUT2D eigenvalue weighted by Crippen LogP contribution is -2.19. The largest absolute Gasteiger partial charge is 0.490 e. The van der Waals surface area contributed by atoms with Gasteiger partial charge >= 0.3 is 0 Å². The van der Waals surface area contributed by atoms with Crippen molar-refractivity contribution < 1.29 is 18.7 Å². The minimum absolute atomic E-state index is 0.265. The van der Waals surface area contributed by atoms with Gasteiger partial charge in [-0.1, -0.05) is 41.4 Å². The zero-order chi connectivity index (χ0) is 24.9. The average Bonchev–Trinajstić information content (AvgIpc) is 3.16. The summed E-state index contributed by atoms with van der Waals surface area (Å²) < 4.78 is 25.8. The van der Waals surface area contributed by atoms with E-state index in [9.17, 15) is 9.18 Å². The van der Waals surface area contributed by atoms with Crippen LogP contribution in [0, 0.1) is 9.39 Å². The Kier molecular flexibility index (Phi) is 8.59. The molecule has 0 radical (unpaired) electrons. The van der Waals surface area contributed by atoms with Crippen LogP contribution in [0.25, 0.3) is 6.08 Å². The molecule has 10 heteroatoms. The lowest BCUT2D eigenvalue weighted by Gasteiger charge is -2.15. The maximum Gasteiger partial charge on any atom is 0.264 e. The van der Waals surface area contributed by atoms with E-state index in [1.54, 1.807) is 36.4 Å². The van der Waals surface area contributed by atoms with E-state index in [-0.39, 0.29) is 18.3 Å². The topological polar surface area (TPSA) is 59.9 Å². The van der Waals surface area contributed by atoms with E-state index in [0.717, 1.165) is 14.7 Å². The third-order valence-electron chi connectivity index (χ3n) is 4.73. The minimum atomic E-state index is -0.298. The fraction of sp³-hybridized carbons (Fsp3) is 0.120. The third kappa shape index (κ3) is 6.49. The van der Waals surface area contributed by atoms with Crippen LogP contribution in [0.1, 0.15) is 18.1 Å². The number of amides is 1. The van der Waals surface area contributed by atoms with Crippen molar-refractivity contribution in [3.63, 3.8) is 0 Å². The fourth-order valence-corrected chi connectivity index (χ4v) is 5.08. The second-order valence-electron chi connectivity index (χ2n) is 7.23. The van der Waals surface area contributed by atoms with Gasteiger partial charge in [-0.25, -0.2) is 9.38 Å². The number of halogens is 4. The minimum Gasteiger partial charge on any atom is -0.490 e. The molecule has 0 aliphatic carbocycles. The fourth-order valence-electron chi connectivity index (χ4n) is 3.13. The Morgan fingerprint density at radius 3 is 2.66 bits per heavy atom. The van der Waals surface area contributed by atoms with E-state index >= 15 is 0 Å². The van der Waals surface area contributed by atoms with Gasteiger partial charge in [0.1, 0.15) is 12.4 Å². The van der Waals surface area contributed by atoms with Crippen LogP contribution in [0.2, 0.25) is 10.0 Å². The summed E-state index contributed by atoms with van der Waals surface area (Å²) in [4.78, 5) is 17.4. The van der Waals surface area contributed by atoms with Gasteiger partial charge in [0, 0.05) is 0 Å². The Morgan fingerprint density at radius 1 is 1.14 bits per heavy atom. The van der Waals surface area contributed by atoms with Crippen LogP contribution in [0.5, 0.6) is 11.5 Å². The molecule has 1 amide bonds. The first-order valence-electron chi connectivity index (χ1n) is 10.4. The van der Waals surface area contributed by atoms with Gasteiger partial charge in [-0.05, 0) is 94.9 Å². The summed E-state index contributed by atoms with van der Waals surface area (Å²) in [5, 5.41) is 3.86. The molecule has 1 aliphatic heterocycles. The van der Waals surface area contributed by atoms with Crippen LogP contribution in [0.4, 0.5) is 10.1 Å². The summed E-state index contributed by atoms with van der Waals surface area (Å²) in [6.45, 7) is 2.59. The molecule has 0 atom stereocenters. The molecule has 0 unspecified atom stereocenters. The number of nitrogens with one attached hydrogen (secondary N) is 1. The summed E-state index contributed by atoms with van der Waals surface area (Å²) >= 11 is 15.6. The maximum atomic E-state index is 13.2. The van der Waals surface area contributed by atoms with Gasteiger partial charge in [0.25, 0.3) is 5.91 Å². The number of benzene rings is 3. The number of amidine groups is 1. The van der Waals surface area contributed by atoms with Crippen LogP contribution in [-0.4, -0.2) is 17.7 Å². The van der Waals surface area contributed by atoms with E-state index in [4.69, 9.17) is 32.7 Å². The van der Waals surface area contributed by atoms with Crippen molar-refractivity contribution >= 4 is 80.4 Å². The molecular formula is C25H18Cl2FIN2O3S. The highest BCUT2D eigenvalue weighted by atomic mass is 127. The molecule has 0 saturated carbocycles. The standard InChI is InChI=1S/C25H18Cl2FIN2O3S/c1-2-33-20-11-15(10-18(29)23(20)34-13-14-6-8-16(28)9-7-14)12-21-24(32)31-25(35-21)30-19-5-3-4-17(26)22(19)27/h3-12H,2,13H2,1H3,(H,30,31,32)/b21-12+. The number of nitrogens with zero attached hydrogens (tertiary/aromatic N) is 1. The van der Waals surface area contributed by atoms with Gasteiger partial charge in [-0.3, -0.25) is 4.79 Å². The van der Waals surface area contributed by atoms with Crippen LogP contribution in [0.15, 0.2) is 64.5 Å². The lowest BCUT2D eigenvalue weighted by atomic mass is 10.1. The Morgan fingerprint density at radius 2 is 1.91 bits per heavy atom. The Balaban J connectivity index is 1.56. The molecule has 0 spiro atoms. The second-order valence-corrected chi connectivity index (χ2v) is 10.2. The number of ether oxygens (including phenoxy) is 2. The van der Waals surface area contributed by atoms with Crippen molar-refractivity contribution in [3.05, 3.63) is 90.1 Å². The highest BCUT2D eigenvalue weighted by Crippen LogP contribution is 2.38. The molecule has 35 heavy (non-hydrogen) atoms. The van der Waals surface area contributed by atoms with Gasteiger partial charge in [0.2, 0.25) is 0 Å². The van der Waals surface area contributed by atoms with E-state index in [1.165, 1.54) is 23.9 Å². The molecule has 0 aromatic heterocycles. The van der Waals surface area contributed by atoms with Crippen LogP contribution >= 0.6 is 57.6 Å². The third-order valence-corrected chi connectivity index (χ3v) is 7.25.